The van der Waals surface area contributed by atoms with Crippen molar-refractivity contribution in [2.75, 3.05) is 13.2 Å². The predicted molar refractivity (Wildman–Crippen MR) is 82.2 cm³/mol. The Morgan fingerprint density at radius 3 is 2.40 bits per heavy atom. The number of hydrogen-bond donors (Lipinski definition) is 2. The molecule has 2 nitrogen and oxygen atoms in total. The van der Waals surface area contributed by atoms with E-state index < -0.39 is 0 Å². The molecule has 0 fully saturated rings. The molecule has 20 heavy (non-hydrogen) atoms. The Bertz CT molecular complexity index is 353. The molecule has 3 heteroatoms. The molecule has 0 radical (unpaired) electrons. The van der Waals surface area contributed by atoms with Gasteiger partial charge in [0.15, 0.2) is 0 Å². The molecule has 0 aliphatic carbocycles. The first-order valence-corrected chi connectivity index (χ1v) is 7.80. The summed E-state index contributed by atoms with van der Waals surface area (Å²) >= 11 is 0. The van der Waals surface area contributed by atoms with E-state index in [1.165, 1.54) is 12.1 Å². The molecule has 0 bridgehead atoms. The van der Waals surface area contributed by atoms with Gasteiger partial charge in [-0.2, -0.15) is 0 Å². The molecule has 0 aliphatic heterocycles. The van der Waals surface area contributed by atoms with Crippen LogP contribution in [0.1, 0.15) is 57.6 Å². The van der Waals surface area contributed by atoms with E-state index in [2.05, 4.69) is 19.2 Å². The molecule has 2 N–H and O–H groups in total. The molecule has 0 saturated heterocycles. The van der Waals surface area contributed by atoms with Gasteiger partial charge in [-0.3, -0.25) is 0 Å². The zero-order valence-corrected chi connectivity index (χ0v) is 12.7. The lowest BCUT2D eigenvalue weighted by molar-refractivity contribution is 0.247. The van der Waals surface area contributed by atoms with E-state index >= 15 is 0 Å². The second-order valence-corrected chi connectivity index (χ2v) is 5.44. The lowest BCUT2D eigenvalue weighted by Gasteiger charge is -2.22. The fourth-order valence-electron chi connectivity index (χ4n) is 2.43. The standard InChI is InChI=1S/C17H28FNO/c1-3-5-6-17(15-7-9-16(18)10-8-15)19-13-14(4-2)11-12-20/h7-10,14,17,19-20H,3-6,11-13H2,1-2H3. The van der Waals surface area contributed by atoms with Crippen LogP contribution >= 0.6 is 0 Å². The lowest BCUT2D eigenvalue weighted by atomic mass is 9.98. The van der Waals surface area contributed by atoms with Gasteiger partial charge in [-0.1, -0.05) is 45.2 Å². The maximum Gasteiger partial charge on any atom is 0.123 e. The van der Waals surface area contributed by atoms with Crippen LogP contribution in [0.4, 0.5) is 4.39 Å². The molecule has 0 amide bonds. The summed E-state index contributed by atoms with van der Waals surface area (Å²) in [6.45, 7) is 5.49. The topological polar surface area (TPSA) is 32.3 Å². The lowest BCUT2D eigenvalue weighted by Crippen LogP contribution is -2.28. The third kappa shape index (κ3) is 6.02. The minimum absolute atomic E-state index is 0.185. The molecule has 0 aliphatic rings. The van der Waals surface area contributed by atoms with Crippen LogP contribution in [0.15, 0.2) is 24.3 Å². The van der Waals surface area contributed by atoms with E-state index in [4.69, 9.17) is 5.11 Å². The van der Waals surface area contributed by atoms with Crippen LogP contribution in [-0.4, -0.2) is 18.3 Å². The second kappa shape index (κ2) is 9.89. The molecule has 2 atom stereocenters. The van der Waals surface area contributed by atoms with Crippen molar-refractivity contribution in [3.63, 3.8) is 0 Å². The number of halogens is 1. The molecule has 1 aromatic carbocycles. The summed E-state index contributed by atoms with van der Waals surface area (Å²) in [5.41, 5.74) is 1.15. The maximum absolute atomic E-state index is 13.0. The molecular weight excluding hydrogens is 253 g/mol. The van der Waals surface area contributed by atoms with Gasteiger partial charge in [0.05, 0.1) is 0 Å². The zero-order valence-electron chi connectivity index (χ0n) is 12.7. The van der Waals surface area contributed by atoms with Gasteiger partial charge < -0.3 is 10.4 Å². The minimum atomic E-state index is -0.185. The second-order valence-electron chi connectivity index (χ2n) is 5.44. The van der Waals surface area contributed by atoms with Gasteiger partial charge in [-0.05, 0) is 43.0 Å². The summed E-state index contributed by atoms with van der Waals surface area (Å²) in [6, 6.07) is 7.08. The summed E-state index contributed by atoms with van der Waals surface area (Å²) in [5.74, 6) is 0.319. The average molecular weight is 281 g/mol. The Kier molecular flexibility index (Phi) is 8.47. The van der Waals surface area contributed by atoms with Gasteiger partial charge >= 0.3 is 0 Å². The fraction of sp³-hybridized carbons (Fsp3) is 0.647. The van der Waals surface area contributed by atoms with E-state index in [1.54, 1.807) is 0 Å². The third-order valence-electron chi connectivity index (χ3n) is 3.89. The Balaban J connectivity index is 2.61. The number of nitrogens with one attached hydrogen (secondary N) is 1. The molecule has 1 aromatic rings. The monoisotopic (exact) mass is 281 g/mol. The van der Waals surface area contributed by atoms with Crippen LogP contribution in [-0.2, 0) is 0 Å². The van der Waals surface area contributed by atoms with Crippen molar-refractivity contribution in [1.29, 1.82) is 0 Å². The Labute approximate surface area is 122 Å². The van der Waals surface area contributed by atoms with Crippen molar-refractivity contribution in [3.05, 3.63) is 35.6 Å². The Hall–Kier alpha value is -0.930. The molecule has 2 unspecified atom stereocenters. The van der Waals surface area contributed by atoms with Crippen molar-refractivity contribution in [1.82, 2.24) is 5.32 Å². The summed E-state index contributed by atoms with van der Waals surface area (Å²) in [4.78, 5) is 0. The highest BCUT2D eigenvalue weighted by molar-refractivity contribution is 5.19. The van der Waals surface area contributed by atoms with Crippen LogP contribution in [0, 0.1) is 11.7 Å². The molecule has 0 saturated carbocycles. The summed E-state index contributed by atoms with van der Waals surface area (Å²) < 4.78 is 13.0. The van der Waals surface area contributed by atoms with E-state index in [0.29, 0.717) is 5.92 Å². The normalized spacial score (nSPS) is 14.2. The van der Waals surface area contributed by atoms with Crippen LogP contribution in [0.2, 0.25) is 0 Å². The van der Waals surface area contributed by atoms with Crippen LogP contribution < -0.4 is 5.32 Å². The van der Waals surface area contributed by atoms with Crippen LogP contribution in [0.5, 0.6) is 0 Å². The number of benzene rings is 1. The predicted octanol–water partition coefficient (Wildman–Crippen LogP) is 4.06. The summed E-state index contributed by atoms with van der Waals surface area (Å²) in [6.07, 6.45) is 5.29. The highest BCUT2D eigenvalue weighted by atomic mass is 19.1. The first kappa shape index (κ1) is 17.1. The van der Waals surface area contributed by atoms with Crippen molar-refractivity contribution in [2.24, 2.45) is 5.92 Å². The van der Waals surface area contributed by atoms with E-state index in [1.807, 2.05) is 12.1 Å². The Morgan fingerprint density at radius 1 is 1.15 bits per heavy atom. The fourth-order valence-corrected chi connectivity index (χ4v) is 2.43. The first-order chi connectivity index (χ1) is 9.71. The van der Waals surface area contributed by atoms with Gasteiger partial charge in [0.25, 0.3) is 0 Å². The number of aliphatic hydroxyl groups is 1. The first-order valence-electron chi connectivity index (χ1n) is 7.80. The van der Waals surface area contributed by atoms with Gasteiger partial charge in [0.1, 0.15) is 5.82 Å². The van der Waals surface area contributed by atoms with Crippen LogP contribution in [0.25, 0.3) is 0 Å². The third-order valence-corrected chi connectivity index (χ3v) is 3.89. The highest BCUT2D eigenvalue weighted by Gasteiger charge is 2.13. The number of hydrogen-bond acceptors (Lipinski definition) is 2. The molecule has 0 heterocycles. The van der Waals surface area contributed by atoms with Crippen molar-refractivity contribution in [2.45, 2.75) is 52.0 Å². The number of rotatable bonds is 10. The van der Waals surface area contributed by atoms with Crippen molar-refractivity contribution in [3.8, 4) is 0 Å². The zero-order chi connectivity index (χ0) is 14.8. The van der Waals surface area contributed by atoms with E-state index in [-0.39, 0.29) is 18.5 Å². The Morgan fingerprint density at radius 2 is 1.85 bits per heavy atom. The van der Waals surface area contributed by atoms with E-state index in [9.17, 15) is 4.39 Å². The largest absolute Gasteiger partial charge is 0.396 e. The maximum atomic E-state index is 13.0. The molecule has 0 spiro atoms. The van der Waals surface area contributed by atoms with Gasteiger partial charge in [-0.15, -0.1) is 0 Å². The molecular formula is C17H28FNO. The minimum Gasteiger partial charge on any atom is -0.396 e. The van der Waals surface area contributed by atoms with E-state index in [0.717, 1.165) is 44.2 Å². The molecule has 0 aromatic heterocycles. The SMILES string of the molecule is CCCCC(NCC(CC)CCO)c1ccc(F)cc1. The summed E-state index contributed by atoms with van der Waals surface area (Å²) in [5, 5.41) is 12.6. The quantitative estimate of drug-likeness (QED) is 0.678. The highest BCUT2D eigenvalue weighted by Crippen LogP contribution is 2.21. The number of aliphatic hydroxyl groups excluding tert-OH is 1. The average Bonchev–Trinajstić information content (AvgIpc) is 2.47. The van der Waals surface area contributed by atoms with Gasteiger partial charge in [0, 0.05) is 12.6 Å². The number of unbranched alkanes of at least 4 members (excludes halogenated alkanes) is 1. The smallest absolute Gasteiger partial charge is 0.123 e. The summed E-state index contributed by atoms with van der Waals surface area (Å²) in [7, 11) is 0. The van der Waals surface area contributed by atoms with Crippen LogP contribution in [0.3, 0.4) is 0 Å². The molecule has 1 rings (SSSR count). The van der Waals surface area contributed by atoms with Gasteiger partial charge in [-0.25, -0.2) is 4.39 Å². The van der Waals surface area contributed by atoms with Crippen molar-refractivity contribution >= 4 is 0 Å². The molecule has 114 valence electrons. The van der Waals surface area contributed by atoms with Gasteiger partial charge in [0.2, 0.25) is 0 Å². The van der Waals surface area contributed by atoms with Crippen molar-refractivity contribution < 1.29 is 9.50 Å².